The third-order valence-corrected chi connectivity index (χ3v) is 8.83. The number of nitrogens with one attached hydrogen (secondary N) is 1. The van der Waals surface area contributed by atoms with E-state index in [2.05, 4.69) is 9.97 Å². The van der Waals surface area contributed by atoms with E-state index in [9.17, 15) is 14.4 Å². The summed E-state index contributed by atoms with van der Waals surface area (Å²) in [6.45, 7) is 7.99. The fourth-order valence-corrected chi connectivity index (χ4v) is 5.77. The number of hydrogen-bond acceptors (Lipinski definition) is 14. The number of para-hydroxylation sites is 2. The molecule has 0 aliphatic carbocycles. The number of esters is 1. The van der Waals surface area contributed by atoms with Gasteiger partial charge in [-0.15, -0.1) is 0 Å². The highest BCUT2D eigenvalue weighted by molar-refractivity contribution is 5.87. The van der Waals surface area contributed by atoms with Gasteiger partial charge in [0.1, 0.15) is 12.4 Å². The van der Waals surface area contributed by atoms with Crippen LogP contribution in [0.25, 0.3) is 40.0 Å². The molecule has 17 heteroatoms. The molecule has 5 rings (SSSR count). The topological polar surface area (TPSA) is 182 Å². The summed E-state index contributed by atoms with van der Waals surface area (Å²) < 4.78 is 56.3. The number of fused-ring (bicyclic) bond motifs is 1. The van der Waals surface area contributed by atoms with Crippen LogP contribution in [0.1, 0.15) is 5.56 Å². The van der Waals surface area contributed by atoms with E-state index in [0.717, 1.165) is 10.1 Å². The highest BCUT2D eigenvalue weighted by Crippen LogP contribution is 2.21. The minimum atomic E-state index is -0.532. The predicted octanol–water partition coefficient (Wildman–Crippen LogP) is 3.87. The summed E-state index contributed by atoms with van der Waals surface area (Å²) in [7, 11) is 1.64. The average Bonchev–Trinajstić information content (AvgIpc) is 3.74. The van der Waals surface area contributed by atoms with Crippen molar-refractivity contribution in [2.24, 2.45) is 0 Å². The van der Waals surface area contributed by atoms with E-state index in [4.69, 9.17) is 47.4 Å². The molecule has 0 unspecified atom stereocenters. The lowest BCUT2D eigenvalue weighted by Gasteiger charge is -2.11. The van der Waals surface area contributed by atoms with Gasteiger partial charge in [0.25, 0.3) is 5.56 Å². The zero-order chi connectivity index (χ0) is 43.5. The quantitative estimate of drug-likeness (QED) is 0.0374. The van der Waals surface area contributed by atoms with E-state index in [-0.39, 0.29) is 24.4 Å². The van der Waals surface area contributed by atoms with Gasteiger partial charge in [-0.2, -0.15) is 0 Å². The number of aromatic amines is 1. The van der Waals surface area contributed by atoms with Crippen LogP contribution in [0.2, 0.25) is 0 Å². The fourth-order valence-electron chi connectivity index (χ4n) is 5.77. The van der Waals surface area contributed by atoms with Crippen molar-refractivity contribution in [3.05, 3.63) is 117 Å². The Kier molecular flexibility index (Phi) is 21.8. The molecule has 3 aromatic carbocycles. The lowest BCUT2D eigenvalue weighted by molar-refractivity contribution is -0.139. The number of carbonyl (C=O) groups excluding carboxylic acids is 1. The Bertz CT molecular complexity index is 2160. The van der Waals surface area contributed by atoms with E-state index in [1.807, 2.05) is 48.5 Å². The third kappa shape index (κ3) is 16.2. The van der Waals surface area contributed by atoms with Crippen LogP contribution in [0.15, 0.2) is 101 Å². The minimum Gasteiger partial charge on any atom is -0.460 e. The third-order valence-electron chi connectivity index (χ3n) is 8.83. The summed E-state index contributed by atoms with van der Waals surface area (Å²) >= 11 is 0. The van der Waals surface area contributed by atoms with Crippen LogP contribution in [0, 0.1) is 0 Å². The van der Waals surface area contributed by atoms with Gasteiger partial charge in [-0.1, -0.05) is 60.7 Å². The van der Waals surface area contributed by atoms with Crippen LogP contribution in [-0.2, 0) is 52.2 Å². The Morgan fingerprint density at radius 1 is 0.548 bits per heavy atom. The molecular weight excluding hydrogens is 805 g/mol. The molecule has 0 saturated carbocycles. The van der Waals surface area contributed by atoms with Crippen molar-refractivity contribution in [2.45, 2.75) is 0 Å². The Morgan fingerprint density at radius 2 is 0.968 bits per heavy atom. The number of nitrogens with zero attached hydrogens (tertiary/aromatic N) is 3. The maximum absolute atomic E-state index is 13.8. The molecule has 0 aliphatic heterocycles. The van der Waals surface area contributed by atoms with Gasteiger partial charge < -0.3 is 52.4 Å². The van der Waals surface area contributed by atoms with Gasteiger partial charge in [0.2, 0.25) is 0 Å². The van der Waals surface area contributed by atoms with E-state index in [1.54, 1.807) is 49.6 Å². The Labute approximate surface area is 360 Å². The van der Waals surface area contributed by atoms with Crippen LogP contribution in [-0.4, -0.2) is 151 Å². The number of methoxy groups -OCH3 is 1. The number of rotatable bonds is 32. The van der Waals surface area contributed by atoms with Gasteiger partial charge >= 0.3 is 11.7 Å². The summed E-state index contributed by atoms with van der Waals surface area (Å²) in [6, 6.07) is 25.0. The minimum absolute atomic E-state index is 0.0959. The molecule has 0 saturated heterocycles. The molecule has 2 heterocycles. The zero-order valence-electron chi connectivity index (χ0n) is 35.1. The van der Waals surface area contributed by atoms with E-state index < -0.39 is 17.2 Å². The Balaban J connectivity index is 0.888. The number of imidazole rings is 1. The first-order chi connectivity index (χ1) is 30.6. The average molecular weight is 861 g/mol. The standard InChI is InChI=1S/C45H56N4O13/c1-53-18-19-54-20-21-55-22-23-56-24-25-57-26-27-58-28-29-59-30-31-60-32-33-61-34-35-62-40(50)17-14-36-12-15-37(16-13-36)42-46-41-43(47-42)48(38-8-4-2-5-9-38)45(52)49(44(41)51)39-10-6-3-7-11-39/h2-17H,18-35H2,1H3,(H,46,47)/b17-14+. The van der Waals surface area contributed by atoms with Gasteiger partial charge in [0.05, 0.1) is 124 Å². The van der Waals surface area contributed by atoms with Crippen molar-refractivity contribution in [2.75, 3.05) is 126 Å². The molecule has 1 N–H and O–H groups in total. The van der Waals surface area contributed by atoms with Crippen molar-refractivity contribution in [3.8, 4) is 22.8 Å². The number of benzene rings is 3. The Morgan fingerprint density at radius 3 is 1.42 bits per heavy atom. The van der Waals surface area contributed by atoms with Crippen LogP contribution < -0.4 is 11.2 Å². The number of H-pyrrole nitrogens is 1. The van der Waals surface area contributed by atoms with Crippen LogP contribution in [0.4, 0.5) is 0 Å². The maximum Gasteiger partial charge on any atom is 0.341 e. The van der Waals surface area contributed by atoms with E-state index in [0.29, 0.717) is 128 Å². The number of hydrogen-bond donors (Lipinski definition) is 1. The van der Waals surface area contributed by atoms with Gasteiger partial charge in [0, 0.05) is 18.7 Å². The van der Waals surface area contributed by atoms with Crippen molar-refractivity contribution >= 4 is 23.2 Å². The summed E-state index contributed by atoms with van der Waals surface area (Å²) in [6.07, 6.45) is 2.97. The molecular formula is C45H56N4O13. The van der Waals surface area contributed by atoms with Crippen molar-refractivity contribution in [1.82, 2.24) is 19.1 Å². The molecule has 2 aromatic heterocycles. The van der Waals surface area contributed by atoms with E-state index in [1.165, 1.54) is 10.6 Å². The van der Waals surface area contributed by atoms with Gasteiger partial charge in [-0.25, -0.2) is 23.7 Å². The van der Waals surface area contributed by atoms with Crippen LogP contribution >= 0.6 is 0 Å². The first kappa shape index (κ1) is 47.7. The summed E-state index contributed by atoms with van der Waals surface area (Å²) in [5.41, 5.74) is 1.80. The second kappa shape index (κ2) is 28.3. The van der Waals surface area contributed by atoms with Crippen LogP contribution in [0.3, 0.4) is 0 Å². The molecule has 0 aliphatic rings. The maximum atomic E-state index is 13.8. The van der Waals surface area contributed by atoms with Crippen molar-refractivity contribution in [1.29, 1.82) is 0 Å². The molecule has 5 aromatic rings. The molecule has 0 atom stereocenters. The lowest BCUT2D eigenvalue weighted by Crippen LogP contribution is -2.38. The molecule has 17 nitrogen and oxygen atoms in total. The van der Waals surface area contributed by atoms with E-state index >= 15 is 0 Å². The molecule has 0 radical (unpaired) electrons. The zero-order valence-corrected chi connectivity index (χ0v) is 35.1. The monoisotopic (exact) mass is 860 g/mol. The van der Waals surface area contributed by atoms with Gasteiger partial charge in [-0.3, -0.25) is 4.79 Å². The number of aromatic nitrogens is 4. The van der Waals surface area contributed by atoms with Crippen molar-refractivity contribution < 1.29 is 52.2 Å². The normalized spacial score (nSPS) is 11.6. The number of ether oxygens (including phenoxy) is 10. The van der Waals surface area contributed by atoms with Crippen LogP contribution in [0.5, 0.6) is 0 Å². The molecule has 334 valence electrons. The lowest BCUT2D eigenvalue weighted by atomic mass is 10.1. The Hall–Kier alpha value is -5.34. The predicted molar refractivity (Wildman–Crippen MR) is 231 cm³/mol. The smallest absolute Gasteiger partial charge is 0.341 e. The summed E-state index contributed by atoms with van der Waals surface area (Å²) in [5, 5.41) is 0. The van der Waals surface area contributed by atoms with Gasteiger partial charge in [0.15, 0.2) is 11.2 Å². The molecule has 0 amide bonds. The first-order valence-corrected chi connectivity index (χ1v) is 20.5. The molecule has 0 bridgehead atoms. The molecule has 62 heavy (non-hydrogen) atoms. The largest absolute Gasteiger partial charge is 0.460 e. The SMILES string of the molecule is COCCOCCOCCOCCOCCOCCOCCOCCOCCOC(=O)/C=C/c1ccc(-c2nc3c(=O)n(-c4ccccc4)c(=O)n(-c4ccccc4)c3[nH]2)cc1. The first-order valence-electron chi connectivity index (χ1n) is 20.5. The fraction of sp³-hybridized carbons (Fsp3) is 0.422. The molecule has 0 spiro atoms. The highest BCUT2D eigenvalue weighted by Gasteiger charge is 2.20. The summed E-state index contributed by atoms with van der Waals surface area (Å²) in [4.78, 5) is 47.5. The highest BCUT2D eigenvalue weighted by atomic mass is 16.6. The van der Waals surface area contributed by atoms with Gasteiger partial charge in [-0.05, 0) is 35.9 Å². The summed E-state index contributed by atoms with van der Waals surface area (Å²) in [5.74, 6) is -0.0957. The second-order valence-electron chi connectivity index (χ2n) is 13.2. The number of carbonyl (C=O) groups is 1. The molecule has 0 fully saturated rings. The second-order valence-corrected chi connectivity index (χ2v) is 13.2. The van der Waals surface area contributed by atoms with Crippen molar-refractivity contribution in [3.63, 3.8) is 0 Å².